The Morgan fingerprint density at radius 2 is 2.12 bits per heavy atom. The van der Waals surface area contributed by atoms with Crippen molar-refractivity contribution in [1.82, 2.24) is 5.32 Å². The molecule has 4 heteroatoms. The number of hydrogen-bond donors (Lipinski definition) is 2. The molecule has 1 unspecified atom stereocenters. The van der Waals surface area contributed by atoms with Crippen molar-refractivity contribution in [2.75, 3.05) is 19.4 Å². The average molecular weight is 274 g/mol. The zero-order valence-corrected chi connectivity index (χ0v) is 11.9. The van der Waals surface area contributed by atoms with Crippen molar-refractivity contribution in [2.45, 2.75) is 30.2 Å². The molecule has 0 aliphatic heterocycles. The number of aliphatic hydroxyl groups is 1. The zero-order chi connectivity index (χ0) is 12.7. The van der Waals surface area contributed by atoms with E-state index in [1.807, 2.05) is 38.2 Å². The molecule has 0 aromatic heterocycles. The van der Waals surface area contributed by atoms with Gasteiger partial charge in [0.25, 0.3) is 0 Å². The number of nitrogens with one attached hydrogen (secondary N) is 1. The summed E-state index contributed by atoms with van der Waals surface area (Å²) >= 11 is 7.84. The van der Waals surface area contributed by atoms with Crippen LogP contribution < -0.4 is 5.32 Å². The van der Waals surface area contributed by atoms with Gasteiger partial charge in [0.15, 0.2) is 0 Å². The van der Waals surface area contributed by atoms with Crippen molar-refractivity contribution in [3.63, 3.8) is 0 Å². The molecule has 0 aliphatic carbocycles. The Balaban J connectivity index is 2.32. The van der Waals surface area contributed by atoms with Crippen molar-refractivity contribution in [2.24, 2.45) is 0 Å². The fraction of sp³-hybridized carbons (Fsp3) is 0.538. The van der Waals surface area contributed by atoms with E-state index in [9.17, 15) is 5.11 Å². The summed E-state index contributed by atoms with van der Waals surface area (Å²) in [7, 11) is 1.89. The summed E-state index contributed by atoms with van der Waals surface area (Å²) in [4.78, 5) is 1.13. The lowest BCUT2D eigenvalue weighted by atomic mass is 9.98. The van der Waals surface area contributed by atoms with Gasteiger partial charge in [0, 0.05) is 10.4 Å². The van der Waals surface area contributed by atoms with Gasteiger partial charge >= 0.3 is 0 Å². The summed E-state index contributed by atoms with van der Waals surface area (Å²) in [5, 5.41) is 13.2. The van der Waals surface area contributed by atoms with Crippen LogP contribution in [0.4, 0.5) is 0 Å². The first-order chi connectivity index (χ1) is 8.11. The van der Waals surface area contributed by atoms with Crippen LogP contribution in [0.2, 0.25) is 5.02 Å². The highest BCUT2D eigenvalue weighted by Gasteiger charge is 2.19. The highest BCUT2D eigenvalue weighted by molar-refractivity contribution is 7.99. The van der Waals surface area contributed by atoms with Gasteiger partial charge in [0.05, 0.1) is 11.6 Å². The SMILES string of the molecule is CNC(C)(CO)CCCSc1ccccc1Cl. The largest absolute Gasteiger partial charge is 0.394 e. The van der Waals surface area contributed by atoms with Gasteiger partial charge in [0.2, 0.25) is 0 Å². The fourth-order valence-electron chi connectivity index (χ4n) is 1.49. The summed E-state index contributed by atoms with van der Waals surface area (Å²) in [6.07, 6.45) is 2.01. The summed E-state index contributed by atoms with van der Waals surface area (Å²) in [5.74, 6) is 1.01. The molecule has 1 rings (SSSR count). The summed E-state index contributed by atoms with van der Waals surface area (Å²) in [6.45, 7) is 2.20. The van der Waals surface area contributed by atoms with Crippen molar-refractivity contribution < 1.29 is 5.11 Å². The van der Waals surface area contributed by atoms with Crippen LogP contribution in [0, 0.1) is 0 Å². The minimum atomic E-state index is -0.166. The van der Waals surface area contributed by atoms with E-state index in [1.54, 1.807) is 11.8 Å². The third kappa shape index (κ3) is 4.88. The van der Waals surface area contributed by atoms with E-state index >= 15 is 0 Å². The Morgan fingerprint density at radius 3 is 2.71 bits per heavy atom. The minimum absolute atomic E-state index is 0.166. The molecule has 0 fully saturated rings. The quantitative estimate of drug-likeness (QED) is 0.591. The van der Waals surface area contributed by atoms with Gasteiger partial charge in [-0.1, -0.05) is 23.7 Å². The molecular formula is C13H20ClNOS. The third-order valence-electron chi connectivity index (χ3n) is 2.92. The molecule has 0 radical (unpaired) electrons. The van der Waals surface area contributed by atoms with Gasteiger partial charge < -0.3 is 10.4 Å². The molecule has 96 valence electrons. The van der Waals surface area contributed by atoms with E-state index in [1.165, 1.54) is 0 Å². The second-order valence-electron chi connectivity index (χ2n) is 4.35. The highest BCUT2D eigenvalue weighted by atomic mass is 35.5. The summed E-state index contributed by atoms with van der Waals surface area (Å²) < 4.78 is 0. The van der Waals surface area contributed by atoms with E-state index in [4.69, 9.17) is 11.6 Å². The molecule has 1 atom stereocenters. The average Bonchev–Trinajstić information content (AvgIpc) is 2.36. The van der Waals surface area contributed by atoms with Gasteiger partial charge in [-0.25, -0.2) is 0 Å². The first-order valence-electron chi connectivity index (χ1n) is 5.78. The van der Waals surface area contributed by atoms with Crippen molar-refractivity contribution in [3.8, 4) is 0 Å². The van der Waals surface area contributed by atoms with Crippen LogP contribution in [-0.2, 0) is 0 Å². The summed E-state index contributed by atoms with van der Waals surface area (Å²) in [5.41, 5.74) is -0.166. The standard InChI is InChI=1S/C13H20ClNOS/c1-13(10-16,15-2)8-5-9-17-12-7-4-3-6-11(12)14/h3-4,6-7,15-16H,5,8-10H2,1-2H3. The maximum absolute atomic E-state index is 9.26. The van der Waals surface area contributed by atoms with Crippen LogP contribution in [-0.4, -0.2) is 30.1 Å². The number of benzene rings is 1. The molecule has 1 aromatic carbocycles. The lowest BCUT2D eigenvalue weighted by Gasteiger charge is -2.26. The number of halogens is 1. The smallest absolute Gasteiger partial charge is 0.0610 e. The highest BCUT2D eigenvalue weighted by Crippen LogP contribution is 2.27. The molecule has 1 aromatic rings. The van der Waals surface area contributed by atoms with E-state index in [-0.39, 0.29) is 12.1 Å². The lowest BCUT2D eigenvalue weighted by molar-refractivity contribution is 0.173. The van der Waals surface area contributed by atoms with Gasteiger partial charge in [-0.05, 0) is 44.7 Å². The van der Waals surface area contributed by atoms with Crippen molar-refractivity contribution in [3.05, 3.63) is 29.3 Å². The maximum atomic E-state index is 9.26. The Morgan fingerprint density at radius 1 is 1.41 bits per heavy atom. The molecule has 0 amide bonds. The van der Waals surface area contributed by atoms with Crippen LogP contribution >= 0.6 is 23.4 Å². The van der Waals surface area contributed by atoms with Gasteiger partial charge in [0.1, 0.15) is 0 Å². The molecule has 0 aliphatic rings. The van der Waals surface area contributed by atoms with E-state index in [0.717, 1.165) is 28.5 Å². The van der Waals surface area contributed by atoms with Crippen LogP contribution in [0.1, 0.15) is 19.8 Å². The van der Waals surface area contributed by atoms with Crippen LogP contribution in [0.25, 0.3) is 0 Å². The maximum Gasteiger partial charge on any atom is 0.0610 e. The fourth-order valence-corrected chi connectivity index (χ4v) is 2.68. The summed E-state index contributed by atoms with van der Waals surface area (Å²) in [6, 6.07) is 7.89. The number of hydrogen-bond acceptors (Lipinski definition) is 3. The molecule has 0 saturated carbocycles. The minimum Gasteiger partial charge on any atom is -0.394 e. The molecule has 17 heavy (non-hydrogen) atoms. The Labute approximate surface area is 113 Å². The number of likely N-dealkylation sites (N-methyl/N-ethyl adjacent to an activating group) is 1. The Kier molecular flexibility index (Phi) is 6.34. The molecule has 0 saturated heterocycles. The molecule has 0 bridgehead atoms. The number of rotatable bonds is 7. The molecule has 0 spiro atoms. The monoisotopic (exact) mass is 273 g/mol. The normalized spacial score (nSPS) is 14.6. The van der Waals surface area contributed by atoms with Gasteiger partial charge in [-0.3, -0.25) is 0 Å². The first-order valence-corrected chi connectivity index (χ1v) is 7.15. The van der Waals surface area contributed by atoms with Crippen molar-refractivity contribution >= 4 is 23.4 Å². The second-order valence-corrected chi connectivity index (χ2v) is 5.90. The molecule has 2 N–H and O–H groups in total. The zero-order valence-electron chi connectivity index (χ0n) is 10.4. The topological polar surface area (TPSA) is 32.3 Å². The van der Waals surface area contributed by atoms with E-state index in [2.05, 4.69) is 5.32 Å². The van der Waals surface area contributed by atoms with Crippen LogP contribution in [0.15, 0.2) is 29.2 Å². The first kappa shape index (κ1) is 14.8. The molecule has 0 heterocycles. The van der Waals surface area contributed by atoms with Crippen molar-refractivity contribution in [1.29, 1.82) is 0 Å². The third-order valence-corrected chi connectivity index (χ3v) is 4.52. The van der Waals surface area contributed by atoms with Gasteiger partial charge in [-0.15, -0.1) is 11.8 Å². The van der Waals surface area contributed by atoms with Crippen LogP contribution in [0.5, 0.6) is 0 Å². The second kappa shape index (κ2) is 7.27. The predicted octanol–water partition coefficient (Wildman–Crippen LogP) is 3.18. The number of aliphatic hydroxyl groups excluding tert-OH is 1. The Hall–Kier alpha value is -0.220. The molecular weight excluding hydrogens is 254 g/mol. The van der Waals surface area contributed by atoms with Crippen LogP contribution in [0.3, 0.4) is 0 Å². The molecule has 2 nitrogen and oxygen atoms in total. The lowest BCUT2D eigenvalue weighted by Crippen LogP contribution is -2.43. The predicted molar refractivity (Wildman–Crippen MR) is 76.0 cm³/mol. The number of thioether (sulfide) groups is 1. The van der Waals surface area contributed by atoms with Gasteiger partial charge in [-0.2, -0.15) is 0 Å². The van der Waals surface area contributed by atoms with E-state index < -0.39 is 0 Å². The Bertz CT molecular complexity index is 342. The van der Waals surface area contributed by atoms with E-state index in [0.29, 0.717) is 0 Å².